The number of aryl methyl sites for hydroxylation is 6. The Morgan fingerprint density at radius 3 is 1.76 bits per heavy atom. The third kappa shape index (κ3) is 4.44. The fourth-order valence-corrected chi connectivity index (χ4v) is 6.54. The summed E-state index contributed by atoms with van der Waals surface area (Å²) in [6.45, 7) is 14.6. The van der Waals surface area contributed by atoms with Crippen LogP contribution in [0.5, 0.6) is 0 Å². The van der Waals surface area contributed by atoms with E-state index < -0.39 is 0 Å². The number of Topliss-reactive ketones (excluding diaryl/α,β-unsaturated/α-hetero) is 2. The molecular formula is C38H34N2O2. The maximum absolute atomic E-state index is 13.7. The van der Waals surface area contributed by atoms with Gasteiger partial charge in [-0.25, -0.2) is 4.99 Å². The fourth-order valence-electron chi connectivity index (χ4n) is 6.54. The van der Waals surface area contributed by atoms with Crippen LogP contribution in [-0.2, 0) is 0 Å². The summed E-state index contributed by atoms with van der Waals surface area (Å²) in [5.41, 5.74) is 11.7. The molecule has 1 aromatic heterocycles. The SMILES string of the molecule is CC(=Nc1c(C)cc(C=C2C(=O)c3cc4ccccc4cc3C2=O)n1-c1c(C)cccc1C)c1c(C)cc(C)cc1C. The lowest BCUT2D eigenvalue weighted by Crippen LogP contribution is -2.07. The number of fused-ring (bicyclic) bond motifs is 2. The molecule has 1 aliphatic rings. The van der Waals surface area contributed by atoms with Gasteiger partial charge in [-0.1, -0.05) is 60.2 Å². The third-order valence-electron chi connectivity index (χ3n) is 8.32. The minimum Gasteiger partial charge on any atom is -0.294 e. The van der Waals surface area contributed by atoms with E-state index in [-0.39, 0.29) is 17.1 Å². The molecule has 0 saturated heterocycles. The summed E-state index contributed by atoms with van der Waals surface area (Å²) in [7, 11) is 0. The Morgan fingerprint density at radius 2 is 1.21 bits per heavy atom. The summed E-state index contributed by atoms with van der Waals surface area (Å²) in [6.07, 6.45) is 1.75. The van der Waals surface area contributed by atoms with Gasteiger partial charge < -0.3 is 0 Å². The van der Waals surface area contributed by atoms with Gasteiger partial charge in [0.25, 0.3) is 0 Å². The quantitative estimate of drug-likeness (QED) is 0.127. The molecular weight excluding hydrogens is 516 g/mol. The van der Waals surface area contributed by atoms with Gasteiger partial charge in [0, 0.05) is 28.1 Å². The second-order valence-corrected chi connectivity index (χ2v) is 11.6. The number of rotatable bonds is 4. The predicted octanol–water partition coefficient (Wildman–Crippen LogP) is 9.08. The van der Waals surface area contributed by atoms with Crippen LogP contribution in [0.3, 0.4) is 0 Å². The third-order valence-corrected chi connectivity index (χ3v) is 8.32. The molecule has 1 aliphatic carbocycles. The number of allylic oxidation sites excluding steroid dienone is 1. The molecule has 5 aromatic rings. The van der Waals surface area contributed by atoms with Crippen LogP contribution in [0, 0.1) is 41.5 Å². The monoisotopic (exact) mass is 550 g/mol. The fraction of sp³-hybridized carbons (Fsp3) is 0.184. The van der Waals surface area contributed by atoms with Gasteiger partial charge >= 0.3 is 0 Å². The van der Waals surface area contributed by atoms with Crippen LogP contribution >= 0.6 is 0 Å². The highest BCUT2D eigenvalue weighted by Gasteiger charge is 2.34. The molecule has 0 atom stereocenters. The number of benzene rings is 4. The number of para-hydroxylation sites is 1. The molecule has 0 bridgehead atoms. The van der Waals surface area contributed by atoms with Crippen molar-refractivity contribution in [2.24, 2.45) is 4.99 Å². The van der Waals surface area contributed by atoms with E-state index in [1.807, 2.05) is 55.5 Å². The van der Waals surface area contributed by atoms with Gasteiger partial charge in [-0.2, -0.15) is 0 Å². The van der Waals surface area contributed by atoms with Crippen molar-refractivity contribution in [1.29, 1.82) is 0 Å². The summed E-state index contributed by atoms with van der Waals surface area (Å²) in [6, 6.07) is 24.1. The second-order valence-electron chi connectivity index (χ2n) is 11.6. The van der Waals surface area contributed by atoms with Crippen molar-refractivity contribution in [3.05, 3.63) is 134 Å². The van der Waals surface area contributed by atoms with Crippen molar-refractivity contribution in [3.8, 4) is 5.69 Å². The normalized spacial score (nSPS) is 13.3. The lowest BCUT2D eigenvalue weighted by atomic mass is 9.97. The summed E-state index contributed by atoms with van der Waals surface area (Å²) in [4.78, 5) is 32.6. The molecule has 0 fully saturated rings. The van der Waals surface area contributed by atoms with Gasteiger partial charge in [-0.3, -0.25) is 14.2 Å². The molecule has 0 radical (unpaired) electrons. The van der Waals surface area contributed by atoms with Crippen molar-refractivity contribution < 1.29 is 9.59 Å². The van der Waals surface area contributed by atoms with Crippen LogP contribution in [0.2, 0.25) is 0 Å². The average Bonchev–Trinajstić information content (AvgIpc) is 3.34. The minimum absolute atomic E-state index is 0.183. The van der Waals surface area contributed by atoms with Crippen LogP contribution in [0.4, 0.5) is 5.82 Å². The van der Waals surface area contributed by atoms with Crippen LogP contribution in [0.25, 0.3) is 22.5 Å². The number of aliphatic imine (C=N–C) groups is 1. The summed E-state index contributed by atoms with van der Waals surface area (Å²) >= 11 is 0. The Kier molecular flexibility index (Phi) is 6.65. The van der Waals surface area contributed by atoms with Crippen LogP contribution < -0.4 is 0 Å². The van der Waals surface area contributed by atoms with Crippen molar-refractivity contribution in [2.75, 3.05) is 0 Å². The number of hydrogen-bond acceptors (Lipinski definition) is 3. The minimum atomic E-state index is -0.236. The van der Waals surface area contributed by atoms with E-state index in [9.17, 15) is 9.59 Å². The molecule has 42 heavy (non-hydrogen) atoms. The zero-order chi connectivity index (χ0) is 29.9. The molecule has 208 valence electrons. The molecule has 0 N–H and O–H groups in total. The maximum Gasteiger partial charge on any atom is 0.197 e. The van der Waals surface area contributed by atoms with Gasteiger partial charge in [0.15, 0.2) is 11.6 Å². The molecule has 0 saturated carbocycles. The summed E-state index contributed by atoms with van der Waals surface area (Å²) in [5, 5.41) is 1.89. The molecule has 0 spiro atoms. The molecule has 6 rings (SSSR count). The number of aromatic nitrogens is 1. The first-order valence-corrected chi connectivity index (χ1v) is 14.3. The van der Waals surface area contributed by atoms with Crippen LogP contribution in [0.15, 0.2) is 83.4 Å². The molecule has 1 heterocycles. The van der Waals surface area contributed by atoms with E-state index in [1.165, 1.54) is 16.7 Å². The Labute approximate surface area is 247 Å². The lowest BCUT2D eigenvalue weighted by Gasteiger charge is -2.17. The van der Waals surface area contributed by atoms with E-state index in [0.717, 1.165) is 55.9 Å². The topological polar surface area (TPSA) is 51.4 Å². The largest absolute Gasteiger partial charge is 0.294 e. The molecule has 4 heteroatoms. The maximum atomic E-state index is 13.7. The Bertz CT molecular complexity index is 1930. The number of carbonyl (C=O) groups excluding carboxylic acids is 2. The van der Waals surface area contributed by atoms with Gasteiger partial charge in [0.2, 0.25) is 0 Å². The van der Waals surface area contributed by atoms with Gasteiger partial charge in [-0.05, 0) is 111 Å². The van der Waals surface area contributed by atoms with Crippen molar-refractivity contribution >= 4 is 39.9 Å². The van der Waals surface area contributed by atoms with E-state index in [2.05, 4.69) is 70.4 Å². The number of ketones is 2. The number of carbonyl (C=O) groups is 2. The van der Waals surface area contributed by atoms with Crippen LogP contribution in [-0.4, -0.2) is 21.8 Å². The smallest absolute Gasteiger partial charge is 0.197 e. The lowest BCUT2D eigenvalue weighted by molar-refractivity contribution is 0.0990. The van der Waals surface area contributed by atoms with E-state index in [4.69, 9.17) is 4.99 Å². The van der Waals surface area contributed by atoms with Crippen molar-refractivity contribution in [2.45, 2.75) is 48.5 Å². The number of hydrogen-bond donors (Lipinski definition) is 0. The molecule has 4 aromatic carbocycles. The number of nitrogens with zero attached hydrogens (tertiary/aromatic N) is 2. The first-order valence-electron chi connectivity index (χ1n) is 14.3. The Hall–Kier alpha value is -4.83. The van der Waals surface area contributed by atoms with Gasteiger partial charge in [-0.15, -0.1) is 0 Å². The predicted molar refractivity (Wildman–Crippen MR) is 173 cm³/mol. The Morgan fingerprint density at radius 1 is 0.667 bits per heavy atom. The summed E-state index contributed by atoms with van der Waals surface area (Å²) < 4.78 is 2.11. The standard InChI is InChI=1S/C38H34N2O2/c1-21-15-24(4)34(25(5)16-21)27(7)39-38-26(6)17-30(40(38)35-22(2)11-10-12-23(35)3)20-33-36(41)31-18-28-13-8-9-14-29(28)19-32(31)37(33)42/h8-20H,1-7H3. The van der Waals surface area contributed by atoms with E-state index in [1.54, 1.807) is 6.08 Å². The average molecular weight is 551 g/mol. The highest BCUT2D eigenvalue weighted by atomic mass is 16.2. The van der Waals surface area contributed by atoms with Crippen molar-refractivity contribution in [3.63, 3.8) is 0 Å². The highest BCUT2D eigenvalue weighted by Crippen LogP contribution is 2.36. The molecule has 0 unspecified atom stereocenters. The van der Waals surface area contributed by atoms with E-state index >= 15 is 0 Å². The molecule has 0 amide bonds. The molecule has 4 nitrogen and oxygen atoms in total. The first kappa shape index (κ1) is 27.3. The summed E-state index contributed by atoms with van der Waals surface area (Å²) in [5.74, 6) is 0.317. The molecule has 0 aliphatic heterocycles. The zero-order valence-corrected chi connectivity index (χ0v) is 25.2. The highest BCUT2D eigenvalue weighted by molar-refractivity contribution is 6.42. The zero-order valence-electron chi connectivity index (χ0n) is 25.2. The van der Waals surface area contributed by atoms with Gasteiger partial charge in [0.05, 0.1) is 11.3 Å². The van der Waals surface area contributed by atoms with E-state index in [0.29, 0.717) is 11.1 Å². The first-order chi connectivity index (χ1) is 20.0. The second kappa shape index (κ2) is 10.2. The Balaban J connectivity index is 1.57. The van der Waals surface area contributed by atoms with Crippen LogP contribution in [0.1, 0.15) is 72.3 Å². The van der Waals surface area contributed by atoms with Gasteiger partial charge in [0.1, 0.15) is 5.82 Å². The van der Waals surface area contributed by atoms with Crippen molar-refractivity contribution in [1.82, 2.24) is 4.57 Å².